The van der Waals surface area contributed by atoms with Gasteiger partial charge in [-0.3, -0.25) is 14.2 Å². The maximum Gasteiger partial charge on any atom is 0.483 e. The summed E-state index contributed by atoms with van der Waals surface area (Å²) in [6.45, 7) is 0. The molecule has 0 aromatic rings. The van der Waals surface area contributed by atoms with Crippen molar-refractivity contribution >= 4 is 0 Å². The van der Waals surface area contributed by atoms with Crippen molar-refractivity contribution in [3.8, 4) is 0 Å². The first kappa shape index (κ1) is 64.8. The quantitative estimate of drug-likeness (QED) is 0.107. The highest BCUT2D eigenvalue weighted by molar-refractivity contribution is 5.28. The van der Waals surface area contributed by atoms with Gasteiger partial charge in [0.25, 0.3) is 5.41 Å². The van der Waals surface area contributed by atoms with Crippen molar-refractivity contribution < 1.29 is 207 Å². The van der Waals surface area contributed by atoms with Crippen LogP contribution in [0.5, 0.6) is 0 Å². The molecular formula is C21F44O3. The molecule has 0 heterocycles. The lowest BCUT2D eigenvalue weighted by atomic mass is 9.61. The van der Waals surface area contributed by atoms with Gasteiger partial charge in [-0.15, -0.1) is 0 Å². The number of ether oxygens (including phenoxy) is 3. The van der Waals surface area contributed by atoms with Crippen LogP contribution in [0.15, 0.2) is 0 Å². The first-order chi connectivity index (χ1) is 28.4. The summed E-state index contributed by atoms with van der Waals surface area (Å²) >= 11 is 0. The number of rotatable bonds is 17. The Bertz CT molecular complexity index is 1710. The molecule has 0 rings (SSSR count). The minimum absolute atomic E-state index is 0.315. The molecule has 1 unspecified atom stereocenters. The lowest BCUT2D eigenvalue weighted by molar-refractivity contribution is -0.658. The molecule has 3 nitrogen and oxygen atoms in total. The molecule has 410 valence electrons. The van der Waals surface area contributed by atoms with E-state index in [-0.39, 0.29) is 0 Å². The molecule has 0 aromatic carbocycles. The van der Waals surface area contributed by atoms with E-state index in [1.807, 2.05) is 0 Å². The van der Waals surface area contributed by atoms with Crippen molar-refractivity contribution in [2.75, 3.05) is 0 Å². The van der Waals surface area contributed by atoms with Crippen molar-refractivity contribution in [2.45, 2.75) is 121 Å². The second-order valence-electron chi connectivity index (χ2n) is 11.9. The van der Waals surface area contributed by atoms with E-state index < -0.39 is 126 Å². The van der Waals surface area contributed by atoms with Crippen LogP contribution in [0.2, 0.25) is 0 Å². The predicted octanol–water partition coefficient (Wildman–Crippen LogP) is 14.2. The summed E-state index contributed by atoms with van der Waals surface area (Å²) in [7, 11) is 0. The second-order valence-corrected chi connectivity index (χ2v) is 11.9. The molecule has 0 spiro atoms. The Morgan fingerprint density at radius 2 is 0.294 bits per heavy atom. The van der Waals surface area contributed by atoms with E-state index in [0.717, 1.165) is 0 Å². The lowest BCUT2D eigenvalue weighted by Gasteiger charge is -2.59. The van der Waals surface area contributed by atoms with Gasteiger partial charge < -0.3 is 0 Å². The Labute approximate surface area is 335 Å². The van der Waals surface area contributed by atoms with E-state index >= 15 is 35.1 Å². The van der Waals surface area contributed by atoms with Crippen LogP contribution in [0.4, 0.5) is 193 Å². The summed E-state index contributed by atoms with van der Waals surface area (Å²) < 4.78 is 613. The van der Waals surface area contributed by atoms with Gasteiger partial charge in [0.1, 0.15) is 0 Å². The average Bonchev–Trinajstić information content (AvgIpc) is 2.99. The minimum atomic E-state index is -12.8. The molecule has 1 atom stereocenters. The topological polar surface area (TPSA) is 27.7 Å². The molecule has 0 aromatic heterocycles. The first-order valence-corrected chi connectivity index (χ1v) is 13.8. The number of hydrogen-bond donors (Lipinski definition) is 0. The highest BCUT2D eigenvalue weighted by Crippen LogP contribution is 2.78. The van der Waals surface area contributed by atoms with Crippen molar-refractivity contribution in [2.24, 2.45) is 5.41 Å². The normalized spacial score (nSPS) is 18.0. The molecule has 0 aliphatic carbocycles. The van der Waals surface area contributed by atoms with E-state index in [9.17, 15) is 158 Å². The van der Waals surface area contributed by atoms with Gasteiger partial charge in [-0.2, -0.15) is 193 Å². The molecule has 47 heteroatoms. The zero-order valence-electron chi connectivity index (χ0n) is 28.4. The maximum absolute atomic E-state index is 15.9. The van der Waals surface area contributed by atoms with E-state index in [1.54, 1.807) is 0 Å². The third-order valence-corrected chi connectivity index (χ3v) is 7.48. The minimum Gasteiger partial charge on any atom is -0.254 e. The molecule has 0 saturated heterocycles. The number of halogens is 44. The summed E-state index contributed by atoms with van der Waals surface area (Å²) in [5, 5.41) is 0. The summed E-state index contributed by atoms with van der Waals surface area (Å²) in [5.74, 6) is -124. The van der Waals surface area contributed by atoms with Crippen LogP contribution in [-0.4, -0.2) is 121 Å². The Morgan fingerprint density at radius 3 is 0.471 bits per heavy atom. The fourth-order valence-corrected chi connectivity index (χ4v) is 4.17. The van der Waals surface area contributed by atoms with Gasteiger partial charge in [0.05, 0.1) is 0 Å². The highest BCUT2D eigenvalue weighted by Gasteiger charge is 3.09. The fraction of sp³-hybridized carbons (Fsp3) is 1.00. The third kappa shape index (κ3) is 8.52. The molecule has 0 aliphatic rings. The van der Waals surface area contributed by atoms with Gasteiger partial charge in [0.15, 0.2) is 0 Å². The van der Waals surface area contributed by atoms with Crippen LogP contribution < -0.4 is 0 Å². The predicted molar refractivity (Wildman–Crippen MR) is 109 cm³/mol. The summed E-state index contributed by atoms with van der Waals surface area (Å²) in [6.07, 6.45) is -88.0. The zero-order chi connectivity index (χ0) is 56.6. The van der Waals surface area contributed by atoms with E-state index in [4.69, 9.17) is 0 Å². The number of alkyl halides is 44. The molecule has 0 aliphatic heterocycles. The number of hydrogen-bond acceptors (Lipinski definition) is 3. The lowest BCUT2D eigenvalue weighted by Crippen LogP contribution is -2.89. The highest BCUT2D eigenvalue weighted by atomic mass is 19.5. The van der Waals surface area contributed by atoms with Crippen LogP contribution in [0.1, 0.15) is 0 Å². The Morgan fingerprint density at radius 1 is 0.147 bits per heavy atom. The molecule has 0 saturated carbocycles. The monoisotopic (exact) mass is 1140 g/mol. The van der Waals surface area contributed by atoms with Crippen molar-refractivity contribution in [1.82, 2.24) is 0 Å². The van der Waals surface area contributed by atoms with Gasteiger partial charge in [-0.25, -0.2) is 0 Å². The zero-order valence-corrected chi connectivity index (χ0v) is 28.4. The van der Waals surface area contributed by atoms with E-state index in [2.05, 4.69) is 0 Å². The van der Waals surface area contributed by atoms with Gasteiger partial charge in [-0.1, -0.05) is 0 Å². The largest absolute Gasteiger partial charge is 0.483 e. The van der Waals surface area contributed by atoms with Gasteiger partial charge >= 0.3 is 121 Å². The second kappa shape index (κ2) is 15.9. The smallest absolute Gasteiger partial charge is 0.254 e. The maximum atomic E-state index is 15.9. The Hall–Kier alpha value is -3.20. The van der Waals surface area contributed by atoms with Crippen LogP contribution >= 0.6 is 0 Å². The van der Waals surface area contributed by atoms with E-state index in [1.165, 1.54) is 0 Å². The van der Waals surface area contributed by atoms with Crippen molar-refractivity contribution in [1.29, 1.82) is 0 Å². The molecule has 0 N–H and O–H groups in total. The SMILES string of the molecule is FC(F)(F)C(F)(F)OC(OC(F)(F)C(F)(F)F)(OC(F)(F)C(F)(F)F)C(C(F)(F)C(F)(F)F)(C(F)(F)C(F)(F)C(F)(F)F)C(F)(F)C(F)(F)C(F)(F)C(F)(F)C(F)(F)C(F)(F)C(F)(F)C(F)(F)F. The Balaban J connectivity index is 11.1. The summed E-state index contributed by atoms with van der Waals surface area (Å²) in [4.78, 5) is 0. The molecule has 0 radical (unpaired) electrons. The third-order valence-electron chi connectivity index (χ3n) is 7.48. The Kier molecular flexibility index (Phi) is 15.2. The van der Waals surface area contributed by atoms with Crippen LogP contribution in [0, 0.1) is 5.41 Å². The molecule has 0 fully saturated rings. The molecule has 68 heavy (non-hydrogen) atoms. The van der Waals surface area contributed by atoms with Gasteiger partial charge in [0.2, 0.25) is 0 Å². The van der Waals surface area contributed by atoms with Crippen LogP contribution in [-0.2, 0) is 14.2 Å². The standard InChI is InChI=1S/C21F44O3/c22-2(23,5(28,29)6(30,31)7(32,33)8(34,35)9(36,37)11(40,41)14(48,49)50)1(4(26,27)12(42,43)44,3(24,25)10(38,39)13(45,46)47)21(66-18(60,61)15(51,52)53,67-19(62,63)16(54,55)56)68-20(64,65)17(57,58)59. The summed E-state index contributed by atoms with van der Waals surface area (Å²) in [5.41, 5.74) is -12.8. The molecule has 0 amide bonds. The first-order valence-electron chi connectivity index (χ1n) is 13.8. The van der Waals surface area contributed by atoms with E-state index in [0.29, 0.717) is 14.2 Å². The van der Waals surface area contributed by atoms with Crippen LogP contribution in [0.25, 0.3) is 0 Å². The summed E-state index contributed by atoms with van der Waals surface area (Å²) in [6, 6.07) is 0. The van der Waals surface area contributed by atoms with Gasteiger partial charge in [0, 0.05) is 0 Å². The fourth-order valence-electron chi connectivity index (χ4n) is 4.17. The average molecular weight is 1140 g/mol. The van der Waals surface area contributed by atoms with Gasteiger partial charge in [-0.05, 0) is 0 Å². The molecular weight excluding hydrogens is 1140 g/mol. The molecule has 0 bridgehead atoms. The van der Waals surface area contributed by atoms with Crippen LogP contribution in [0.3, 0.4) is 0 Å². The van der Waals surface area contributed by atoms with Crippen molar-refractivity contribution in [3.05, 3.63) is 0 Å². The van der Waals surface area contributed by atoms with Crippen molar-refractivity contribution in [3.63, 3.8) is 0 Å².